The minimum absolute atomic E-state index is 0.0290. The molecule has 1 heterocycles. The summed E-state index contributed by atoms with van der Waals surface area (Å²) < 4.78 is 28.2. The first-order chi connectivity index (χ1) is 10.3. The second-order valence-corrected chi connectivity index (χ2v) is 6.22. The third-order valence-corrected chi connectivity index (χ3v) is 4.19. The summed E-state index contributed by atoms with van der Waals surface area (Å²) in [4.78, 5) is 1.70. The van der Waals surface area contributed by atoms with Crippen LogP contribution in [0.15, 0.2) is 12.1 Å². The van der Waals surface area contributed by atoms with Crippen LogP contribution in [-0.2, 0) is 6.42 Å². The summed E-state index contributed by atoms with van der Waals surface area (Å²) in [6, 6.07) is 2.74. The van der Waals surface area contributed by atoms with Crippen molar-refractivity contribution in [1.29, 1.82) is 0 Å². The fourth-order valence-corrected chi connectivity index (χ4v) is 2.82. The summed E-state index contributed by atoms with van der Waals surface area (Å²) in [6.07, 6.45) is -3.14. The van der Waals surface area contributed by atoms with Gasteiger partial charge in [-0.1, -0.05) is 19.9 Å². The van der Waals surface area contributed by atoms with Crippen LogP contribution in [0.5, 0.6) is 0 Å². The topological polar surface area (TPSA) is 63.9 Å². The molecular formula is C16H23F2NO3. The van der Waals surface area contributed by atoms with E-state index in [0.29, 0.717) is 12.1 Å². The number of benzene rings is 1. The number of rotatable bonds is 4. The predicted molar refractivity (Wildman–Crippen MR) is 78.6 cm³/mol. The number of hydrogen-bond acceptors (Lipinski definition) is 4. The van der Waals surface area contributed by atoms with Gasteiger partial charge in [0.15, 0.2) is 0 Å². The summed E-state index contributed by atoms with van der Waals surface area (Å²) in [6.45, 7) is 4.34. The molecule has 1 aromatic rings. The van der Waals surface area contributed by atoms with E-state index in [1.807, 2.05) is 13.8 Å². The molecule has 22 heavy (non-hydrogen) atoms. The third kappa shape index (κ3) is 3.63. The Balaban J connectivity index is 2.07. The maximum absolute atomic E-state index is 14.4. The lowest BCUT2D eigenvalue weighted by atomic mass is 9.97. The van der Waals surface area contributed by atoms with Gasteiger partial charge in [-0.2, -0.15) is 0 Å². The molecule has 0 unspecified atom stereocenters. The number of hydrogen-bond donors (Lipinski definition) is 3. The molecule has 1 aromatic carbocycles. The van der Waals surface area contributed by atoms with Crippen LogP contribution in [0.25, 0.3) is 0 Å². The molecule has 1 fully saturated rings. The molecule has 4 nitrogen and oxygen atoms in total. The highest BCUT2D eigenvalue weighted by atomic mass is 19.1. The second-order valence-electron chi connectivity index (χ2n) is 6.22. The van der Waals surface area contributed by atoms with Gasteiger partial charge in [0.05, 0.1) is 12.2 Å². The van der Waals surface area contributed by atoms with E-state index in [-0.39, 0.29) is 31.0 Å². The number of aliphatic hydroxyl groups excluding tert-OH is 3. The van der Waals surface area contributed by atoms with Gasteiger partial charge in [0.25, 0.3) is 0 Å². The van der Waals surface area contributed by atoms with E-state index in [1.165, 1.54) is 12.1 Å². The quantitative estimate of drug-likeness (QED) is 0.776. The third-order valence-electron chi connectivity index (χ3n) is 4.19. The summed E-state index contributed by atoms with van der Waals surface area (Å²) in [5, 5.41) is 28.8. The number of piperidine rings is 1. The maximum Gasteiger partial charge on any atom is 0.132 e. The van der Waals surface area contributed by atoms with Crippen LogP contribution in [0.2, 0.25) is 0 Å². The van der Waals surface area contributed by atoms with Gasteiger partial charge in [0, 0.05) is 25.2 Å². The Bertz CT molecular complexity index is 512. The molecule has 0 aromatic heterocycles. The van der Waals surface area contributed by atoms with Crippen molar-refractivity contribution >= 4 is 0 Å². The Morgan fingerprint density at radius 1 is 1.14 bits per heavy atom. The zero-order valence-corrected chi connectivity index (χ0v) is 12.8. The van der Waals surface area contributed by atoms with E-state index in [1.54, 1.807) is 4.90 Å². The van der Waals surface area contributed by atoms with Gasteiger partial charge in [-0.05, 0) is 24.0 Å². The van der Waals surface area contributed by atoms with E-state index in [9.17, 15) is 24.1 Å². The minimum Gasteiger partial charge on any atom is -0.389 e. The van der Waals surface area contributed by atoms with Gasteiger partial charge >= 0.3 is 0 Å². The van der Waals surface area contributed by atoms with Gasteiger partial charge in [0.2, 0.25) is 0 Å². The first-order valence-corrected chi connectivity index (χ1v) is 7.54. The van der Waals surface area contributed by atoms with Crippen molar-refractivity contribution in [2.24, 2.45) is 0 Å². The Kier molecular flexibility index (Phi) is 5.50. The summed E-state index contributed by atoms with van der Waals surface area (Å²) in [5.74, 6) is -1.14. The zero-order chi connectivity index (χ0) is 16.4. The number of likely N-dealkylation sites (tertiary alicyclic amines) is 1. The van der Waals surface area contributed by atoms with Crippen molar-refractivity contribution in [2.45, 2.75) is 44.5 Å². The molecular weight excluding hydrogens is 292 g/mol. The van der Waals surface area contributed by atoms with Crippen molar-refractivity contribution in [1.82, 2.24) is 4.90 Å². The molecule has 0 spiro atoms. The average Bonchev–Trinajstić information content (AvgIpc) is 2.44. The first-order valence-electron chi connectivity index (χ1n) is 7.54. The summed E-state index contributed by atoms with van der Waals surface area (Å²) in [5.41, 5.74) is 0.506. The zero-order valence-electron chi connectivity index (χ0n) is 12.8. The number of β-amino-alcohol motifs (C(OH)–C–C–N with tert-alkyl or cyclic N) is 2. The minimum atomic E-state index is -1.17. The smallest absolute Gasteiger partial charge is 0.132 e. The fraction of sp³-hybridized carbons (Fsp3) is 0.625. The van der Waals surface area contributed by atoms with Gasteiger partial charge < -0.3 is 15.3 Å². The molecule has 1 saturated heterocycles. The highest BCUT2D eigenvalue weighted by molar-refractivity contribution is 5.30. The monoisotopic (exact) mass is 315 g/mol. The maximum atomic E-state index is 14.4. The lowest BCUT2D eigenvalue weighted by Gasteiger charge is -2.36. The van der Waals surface area contributed by atoms with Crippen LogP contribution in [0.1, 0.15) is 30.9 Å². The lowest BCUT2D eigenvalue weighted by Crippen LogP contribution is -2.55. The van der Waals surface area contributed by atoms with Crippen LogP contribution < -0.4 is 0 Å². The van der Waals surface area contributed by atoms with E-state index in [2.05, 4.69) is 0 Å². The number of halogens is 2. The van der Waals surface area contributed by atoms with Crippen molar-refractivity contribution in [3.63, 3.8) is 0 Å². The first kappa shape index (κ1) is 17.3. The molecule has 3 N–H and O–H groups in total. The largest absolute Gasteiger partial charge is 0.389 e. The van der Waals surface area contributed by atoms with Crippen molar-refractivity contribution in [3.05, 3.63) is 34.9 Å². The molecule has 1 aliphatic heterocycles. The Morgan fingerprint density at radius 3 is 2.27 bits per heavy atom. The van der Waals surface area contributed by atoms with Crippen LogP contribution in [-0.4, -0.2) is 58.2 Å². The second kappa shape index (κ2) is 7.00. The van der Waals surface area contributed by atoms with Gasteiger partial charge in [-0.3, -0.25) is 4.90 Å². The molecule has 0 radical (unpaired) electrons. The lowest BCUT2D eigenvalue weighted by molar-refractivity contribution is -0.109. The Labute approximate surface area is 129 Å². The molecule has 6 heteroatoms. The standard InChI is InChI=1S/C16H23F2NO3/c1-9(2)10-3-4-12(17)11(15(10)18)5-6-19-7-13(20)16(22)14(21)8-19/h3-4,9,13-14,16,20-22H,5-8H2,1-2H3/t13-,14+,16+. The molecule has 1 aliphatic rings. The Morgan fingerprint density at radius 2 is 1.73 bits per heavy atom. The molecule has 2 rings (SSSR count). The molecule has 124 valence electrons. The van der Waals surface area contributed by atoms with Gasteiger partial charge in [-0.15, -0.1) is 0 Å². The predicted octanol–water partition coefficient (Wildman–Crippen LogP) is 1.03. The highest BCUT2D eigenvalue weighted by Gasteiger charge is 2.33. The normalized spacial score (nSPS) is 26.6. The van der Waals surface area contributed by atoms with Crippen molar-refractivity contribution in [3.8, 4) is 0 Å². The van der Waals surface area contributed by atoms with Crippen LogP contribution in [0, 0.1) is 11.6 Å². The molecule has 0 aliphatic carbocycles. The summed E-state index contributed by atoms with van der Waals surface area (Å²) in [7, 11) is 0. The number of nitrogens with zero attached hydrogens (tertiary/aromatic N) is 1. The Hall–Kier alpha value is -1.08. The van der Waals surface area contributed by atoms with Crippen LogP contribution >= 0.6 is 0 Å². The van der Waals surface area contributed by atoms with E-state index in [0.717, 1.165) is 0 Å². The summed E-state index contributed by atoms with van der Waals surface area (Å²) >= 11 is 0. The van der Waals surface area contributed by atoms with Crippen molar-refractivity contribution in [2.75, 3.05) is 19.6 Å². The highest BCUT2D eigenvalue weighted by Crippen LogP contribution is 2.24. The van der Waals surface area contributed by atoms with Crippen molar-refractivity contribution < 1.29 is 24.1 Å². The van der Waals surface area contributed by atoms with Gasteiger partial charge in [-0.25, -0.2) is 8.78 Å². The molecule has 3 atom stereocenters. The van der Waals surface area contributed by atoms with Crippen LogP contribution in [0.3, 0.4) is 0 Å². The van der Waals surface area contributed by atoms with Gasteiger partial charge in [0.1, 0.15) is 17.7 Å². The molecule has 0 saturated carbocycles. The van der Waals surface area contributed by atoms with E-state index >= 15 is 0 Å². The average molecular weight is 315 g/mol. The molecule has 0 amide bonds. The van der Waals surface area contributed by atoms with Crippen LogP contribution in [0.4, 0.5) is 8.78 Å². The number of aliphatic hydroxyl groups is 3. The fourth-order valence-electron chi connectivity index (χ4n) is 2.82. The molecule has 0 bridgehead atoms. The van der Waals surface area contributed by atoms with E-state index in [4.69, 9.17) is 0 Å². The van der Waals surface area contributed by atoms with E-state index < -0.39 is 29.9 Å². The SMILES string of the molecule is CC(C)c1ccc(F)c(CCN2C[C@@H](O)[C@H](O)[C@@H](O)C2)c1F.